The molecule has 1 aromatic heterocycles. The molecule has 2 aromatic rings. The number of Topliss-reactive ketones (excluding diaryl/α,β-unsaturated/α-hetero) is 1. The lowest BCUT2D eigenvalue weighted by atomic mass is 10.1. The second-order valence-electron chi connectivity index (χ2n) is 4.61. The van der Waals surface area contributed by atoms with Crippen molar-refractivity contribution in [3.05, 3.63) is 51.2 Å². The fraction of sp³-hybridized carbons (Fsp3) is 0.286. The Morgan fingerprint density at radius 1 is 1.37 bits per heavy atom. The van der Waals surface area contributed by atoms with E-state index >= 15 is 0 Å². The zero-order valence-electron chi connectivity index (χ0n) is 10.7. The lowest BCUT2D eigenvalue weighted by Crippen LogP contribution is -2.14. The number of aromatic nitrogens is 2. The van der Waals surface area contributed by atoms with Crippen LogP contribution in [-0.2, 0) is 6.42 Å². The van der Waals surface area contributed by atoms with Gasteiger partial charge in [-0.25, -0.2) is 0 Å². The normalized spacial score (nSPS) is 11.0. The van der Waals surface area contributed by atoms with Gasteiger partial charge in [0.05, 0.1) is 10.7 Å². The molecular formula is C14H14BrClN2O. The third-order valence-corrected chi connectivity index (χ3v) is 3.61. The number of benzene rings is 1. The second-order valence-corrected chi connectivity index (χ2v) is 5.90. The number of hydrogen-bond acceptors (Lipinski definition) is 2. The molecule has 19 heavy (non-hydrogen) atoms. The zero-order valence-corrected chi connectivity index (χ0v) is 13.1. The second kappa shape index (κ2) is 5.88. The summed E-state index contributed by atoms with van der Waals surface area (Å²) in [6.07, 6.45) is 2.00. The maximum Gasteiger partial charge on any atom is 0.186 e. The number of hydrogen-bond donors (Lipinski definition) is 0. The molecule has 1 aromatic carbocycles. The fourth-order valence-electron chi connectivity index (χ4n) is 1.87. The summed E-state index contributed by atoms with van der Waals surface area (Å²) in [5.74, 6) is 0.0420. The van der Waals surface area contributed by atoms with Crippen LogP contribution in [0.2, 0.25) is 5.02 Å². The van der Waals surface area contributed by atoms with Crippen molar-refractivity contribution in [3.63, 3.8) is 0 Å². The molecule has 5 heteroatoms. The van der Waals surface area contributed by atoms with E-state index in [9.17, 15) is 4.79 Å². The molecule has 0 atom stereocenters. The van der Waals surface area contributed by atoms with Gasteiger partial charge in [-0.05, 0) is 47.5 Å². The molecule has 100 valence electrons. The maximum absolute atomic E-state index is 12.4. The molecule has 1 heterocycles. The van der Waals surface area contributed by atoms with Crippen molar-refractivity contribution in [2.75, 3.05) is 0 Å². The Bertz CT molecular complexity index is 590. The van der Waals surface area contributed by atoms with E-state index in [1.54, 1.807) is 23.0 Å². The van der Waals surface area contributed by atoms with Gasteiger partial charge in [0.15, 0.2) is 5.78 Å². The van der Waals surface area contributed by atoms with E-state index in [1.807, 2.05) is 26.0 Å². The quantitative estimate of drug-likeness (QED) is 0.777. The van der Waals surface area contributed by atoms with Gasteiger partial charge in [-0.3, -0.25) is 9.48 Å². The number of rotatable bonds is 4. The van der Waals surface area contributed by atoms with Gasteiger partial charge >= 0.3 is 0 Å². The maximum atomic E-state index is 12.4. The topological polar surface area (TPSA) is 34.9 Å². The Balaban J connectivity index is 2.25. The van der Waals surface area contributed by atoms with Gasteiger partial charge in [0.1, 0.15) is 5.69 Å². The van der Waals surface area contributed by atoms with E-state index in [0.29, 0.717) is 17.1 Å². The predicted octanol–water partition coefficient (Wildman–Crippen LogP) is 4.31. The van der Waals surface area contributed by atoms with E-state index in [1.165, 1.54) is 0 Å². The van der Waals surface area contributed by atoms with Crippen molar-refractivity contribution in [2.24, 2.45) is 0 Å². The molecule has 0 aliphatic heterocycles. The van der Waals surface area contributed by atoms with Crippen molar-refractivity contribution >= 4 is 33.3 Å². The lowest BCUT2D eigenvalue weighted by molar-refractivity contribution is 0.0980. The minimum atomic E-state index is 0.0420. The Morgan fingerprint density at radius 3 is 2.58 bits per heavy atom. The molecular weight excluding hydrogens is 328 g/mol. The molecule has 0 fully saturated rings. The van der Waals surface area contributed by atoms with Crippen molar-refractivity contribution in [2.45, 2.75) is 26.3 Å². The summed E-state index contributed by atoms with van der Waals surface area (Å²) in [5.41, 5.74) is 1.56. The third kappa shape index (κ3) is 3.25. The summed E-state index contributed by atoms with van der Waals surface area (Å²) in [6.45, 7) is 4.00. The van der Waals surface area contributed by atoms with Gasteiger partial charge in [0.25, 0.3) is 0 Å². The first-order valence-electron chi connectivity index (χ1n) is 5.99. The highest BCUT2D eigenvalue weighted by Crippen LogP contribution is 2.21. The van der Waals surface area contributed by atoms with Crippen LogP contribution < -0.4 is 0 Å². The van der Waals surface area contributed by atoms with E-state index in [-0.39, 0.29) is 11.8 Å². The molecule has 0 saturated heterocycles. The summed E-state index contributed by atoms with van der Waals surface area (Å²) < 4.78 is 2.47. The van der Waals surface area contributed by atoms with Crippen LogP contribution in [0, 0.1) is 0 Å². The van der Waals surface area contributed by atoms with Crippen molar-refractivity contribution in [1.29, 1.82) is 0 Å². The standard InChI is InChI=1S/C14H14BrClN2O/c1-9(2)18-14(12(15)8-17-18)13(19)7-10-3-5-11(16)6-4-10/h3-6,8-9H,7H2,1-2H3. The first kappa shape index (κ1) is 14.3. The Morgan fingerprint density at radius 2 is 2.00 bits per heavy atom. The number of nitrogens with zero attached hydrogens (tertiary/aromatic N) is 2. The summed E-state index contributed by atoms with van der Waals surface area (Å²) in [4.78, 5) is 12.4. The SMILES string of the molecule is CC(C)n1ncc(Br)c1C(=O)Cc1ccc(Cl)cc1. The molecule has 3 nitrogen and oxygen atoms in total. The molecule has 0 amide bonds. The van der Waals surface area contributed by atoms with Crippen LogP contribution in [0.15, 0.2) is 34.9 Å². The molecule has 0 radical (unpaired) electrons. The summed E-state index contributed by atoms with van der Waals surface area (Å²) in [7, 11) is 0. The highest BCUT2D eigenvalue weighted by molar-refractivity contribution is 9.10. The molecule has 0 unspecified atom stereocenters. The molecule has 0 saturated carbocycles. The molecule has 0 N–H and O–H groups in total. The van der Waals surface area contributed by atoms with Crippen LogP contribution in [0.5, 0.6) is 0 Å². The average molecular weight is 342 g/mol. The number of carbonyl (C=O) groups excluding carboxylic acids is 1. The summed E-state index contributed by atoms with van der Waals surface area (Å²) in [6, 6.07) is 7.46. The minimum Gasteiger partial charge on any atom is -0.292 e. The number of carbonyl (C=O) groups is 1. The van der Waals surface area contributed by atoms with Gasteiger partial charge in [-0.1, -0.05) is 23.7 Å². The summed E-state index contributed by atoms with van der Waals surface area (Å²) in [5, 5.41) is 4.89. The van der Waals surface area contributed by atoms with Crippen molar-refractivity contribution in [1.82, 2.24) is 9.78 Å². The third-order valence-electron chi connectivity index (χ3n) is 2.78. The molecule has 2 rings (SSSR count). The van der Waals surface area contributed by atoms with E-state index in [0.717, 1.165) is 10.0 Å². The van der Waals surface area contributed by atoms with Crippen molar-refractivity contribution in [3.8, 4) is 0 Å². The monoisotopic (exact) mass is 340 g/mol. The van der Waals surface area contributed by atoms with E-state index in [2.05, 4.69) is 21.0 Å². The Hall–Kier alpha value is -1.13. The van der Waals surface area contributed by atoms with Gasteiger partial charge in [0.2, 0.25) is 0 Å². The van der Waals surface area contributed by atoms with Crippen LogP contribution in [0.1, 0.15) is 35.9 Å². The van der Waals surface area contributed by atoms with Crippen LogP contribution >= 0.6 is 27.5 Å². The first-order chi connectivity index (χ1) is 8.99. The Kier molecular flexibility index (Phi) is 4.42. The van der Waals surface area contributed by atoms with E-state index < -0.39 is 0 Å². The number of ketones is 1. The highest BCUT2D eigenvalue weighted by atomic mass is 79.9. The van der Waals surface area contributed by atoms with E-state index in [4.69, 9.17) is 11.6 Å². The zero-order chi connectivity index (χ0) is 14.0. The average Bonchev–Trinajstić information content (AvgIpc) is 2.74. The largest absolute Gasteiger partial charge is 0.292 e. The van der Waals surface area contributed by atoms with Gasteiger partial charge in [-0.15, -0.1) is 0 Å². The summed E-state index contributed by atoms with van der Waals surface area (Å²) >= 11 is 9.22. The van der Waals surface area contributed by atoms with Crippen LogP contribution in [0.25, 0.3) is 0 Å². The fourth-order valence-corrected chi connectivity index (χ4v) is 2.49. The van der Waals surface area contributed by atoms with Crippen LogP contribution in [0.3, 0.4) is 0 Å². The molecule has 0 aliphatic rings. The van der Waals surface area contributed by atoms with Crippen LogP contribution in [0.4, 0.5) is 0 Å². The van der Waals surface area contributed by atoms with Crippen molar-refractivity contribution < 1.29 is 4.79 Å². The lowest BCUT2D eigenvalue weighted by Gasteiger charge is -2.10. The van der Waals surface area contributed by atoms with Gasteiger partial charge in [-0.2, -0.15) is 5.10 Å². The minimum absolute atomic E-state index is 0.0420. The number of halogens is 2. The molecule has 0 spiro atoms. The molecule has 0 aliphatic carbocycles. The van der Waals surface area contributed by atoms with Crippen LogP contribution in [-0.4, -0.2) is 15.6 Å². The molecule has 0 bridgehead atoms. The smallest absolute Gasteiger partial charge is 0.186 e. The van der Waals surface area contributed by atoms with Gasteiger partial charge < -0.3 is 0 Å². The first-order valence-corrected chi connectivity index (χ1v) is 7.16. The van der Waals surface area contributed by atoms with Gasteiger partial charge in [0, 0.05) is 17.5 Å². The predicted molar refractivity (Wildman–Crippen MR) is 79.8 cm³/mol. The Labute approximate surface area is 125 Å². The highest BCUT2D eigenvalue weighted by Gasteiger charge is 2.18.